The average molecular weight is 350 g/mol. The van der Waals surface area contributed by atoms with Gasteiger partial charge >= 0.3 is 0 Å². The first-order valence-corrected chi connectivity index (χ1v) is 10.5. The maximum atomic E-state index is 9.52. The monoisotopic (exact) mass is 349 g/mol. The van der Waals surface area contributed by atoms with Crippen molar-refractivity contribution in [2.24, 2.45) is 0 Å². The van der Waals surface area contributed by atoms with Crippen LogP contribution in [0, 0.1) is 0 Å². The third-order valence-electron chi connectivity index (χ3n) is 4.83. The highest BCUT2D eigenvalue weighted by Gasteiger charge is 2.04. The van der Waals surface area contributed by atoms with Gasteiger partial charge in [0, 0.05) is 11.6 Å². The highest BCUT2D eigenvalue weighted by Crippen LogP contribution is 2.22. The van der Waals surface area contributed by atoms with Crippen LogP contribution in [0.2, 0.25) is 0 Å². The van der Waals surface area contributed by atoms with E-state index in [9.17, 15) is 10.2 Å². The minimum Gasteiger partial charge on any atom is -0.495 e. The number of aromatic hydroxyl groups is 2. The quantitative estimate of drug-likeness (QED) is 0.222. The van der Waals surface area contributed by atoms with Gasteiger partial charge in [-0.3, -0.25) is 4.98 Å². The van der Waals surface area contributed by atoms with Crippen molar-refractivity contribution >= 4 is 0 Å². The van der Waals surface area contributed by atoms with Gasteiger partial charge < -0.3 is 10.2 Å². The predicted molar refractivity (Wildman–Crippen MR) is 107 cm³/mol. The first kappa shape index (κ1) is 21.7. The van der Waals surface area contributed by atoms with Gasteiger partial charge in [-0.05, 0) is 25.7 Å². The van der Waals surface area contributed by atoms with E-state index in [2.05, 4.69) is 24.1 Å². The summed E-state index contributed by atoms with van der Waals surface area (Å²) in [4.78, 5) is 2.50. The fraction of sp³-hybridized carbons (Fsp3) is 0.727. The second-order valence-electron chi connectivity index (χ2n) is 7.22. The minimum atomic E-state index is 0.0352. The number of H-pyrrole nitrogens is 1. The van der Waals surface area contributed by atoms with Gasteiger partial charge in [0.05, 0.1) is 0 Å². The standard InChI is InChI=1S/C22H39NO2/c1-2-3-4-5-6-7-8-9-10-11-12-13-14-15-16-17-18-20-19-21(24)23-22(20)25/h15-16,19,23-25H,2-14,17-18H2,1H3. The van der Waals surface area contributed by atoms with Crippen LogP contribution in [0.4, 0.5) is 0 Å². The molecule has 0 saturated carbocycles. The summed E-state index contributed by atoms with van der Waals surface area (Å²) in [6.07, 6.45) is 24.0. The van der Waals surface area contributed by atoms with Crippen molar-refractivity contribution in [2.45, 2.75) is 103 Å². The molecule has 1 rings (SSSR count). The second kappa shape index (κ2) is 14.9. The second-order valence-corrected chi connectivity index (χ2v) is 7.22. The number of nitrogens with one attached hydrogen (secondary N) is 1. The van der Waals surface area contributed by atoms with Crippen molar-refractivity contribution in [1.29, 1.82) is 0 Å². The molecule has 0 unspecified atom stereocenters. The van der Waals surface area contributed by atoms with Crippen molar-refractivity contribution in [3.63, 3.8) is 0 Å². The number of unbranched alkanes of at least 4 members (excludes halogenated alkanes) is 12. The molecule has 0 aliphatic heterocycles. The Labute approximate surface area is 154 Å². The van der Waals surface area contributed by atoms with Crippen LogP contribution in [0.1, 0.15) is 102 Å². The molecule has 0 aliphatic carbocycles. The van der Waals surface area contributed by atoms with Gasteiger partial charge in [0.1, 0.15) is 0 Å². The molecule has 3 N–H and O–H groups in total. The molecular formula is C22H39NO2. The SMILES string of the molecule is CCCCCCCCCCCCCCC=CCCc1cc(O)[nH]c1O. The maximum absolute atomic E-state index is 9.52. The molecule has 25 heavy (non-hydrogen) atoms. The van der Waals surface area contributed by atoms with Gasteiger partial charge in [-0.25, -0.2) is 0 Å². The average Bonchev–Trinajstić information content (AvgIpc) is 2.92. The van der Waals surface area contributed by atoms with E-state index < -0.39 is 0 Å². The highest BCUT2D eigenvalue weighted by molar-refractivity contribution is 5.32. The molecule has 0 atom stereocenters. The van der Waals surface area contributed by atoms with E-state index in [1.54, 1.807) is 6.07 Å². The smallest absolute Gasteiger partial charge is 0.194 e. The predicted octanol–water partition coefficient (Wildman–Crippen LogP) is 7.01. The molecule has 144 valence electrons. The molecule has 3 heteroatoms. The summed E-state index contributed by atoms with van der Waals surface area (Å²) in [6, 6.07) is 1.59. The number of aromatic nitrogens is 1. The lowest BCUT2D eigenvalue weighted by Crippen LogP contribution is -1.82. The van der Waals surface area contributed by atoms with E-state index in [-0.39, 0.29) is 11.8 Å². The fourth-order valence-electron chi connectivity index (χ4n) is 3.24. The Bertz CT molecular complexity index is 451. The Balaban J connectivity index is 1.82. The summed E-state index contributed by atoms with van der Waals surface area (Å²) in [5, 5.41) is 18.8. The summed E-state index contributed by atoms with van der Waals surface area (Å²) in [5.41, 5.74) is 0.785. The molecule has 0 aromatic carbocycles. The molecule has 0 saturated heterocycles. The molecule has 0 radical (unpaired) electrons. The van der Waals surface area contributed by atoms with Crippen LogP contribution in [-0.4, -0.2) is 15.2 Å². The van der Waals surface area contributed by atoms with Crippen molar-refractivity contribution in [3.05, 3.63) is 23.8 Å². The molecule has 0 fully saturated rings. The van der Waals surface area contributed by atoms with E-state index in [0.717, 1.165) is 24.8 Å². The molecule has 1 aromatic rings. The van der Waals surface area contributed by atoms with Crippen LogP contribution in [0.3, 0.4) is 0 Å². The Hall–Kier alpha value is -1.38. The summed E-state index contributed by atoms with van der Waals surface area (Å²) in [7, 11) is 0. The molecule has 3 nitrogen and oxygen atoms in total. The number of aryl methyl sites for hydroxylation is 1. The van der Waals surface area contributed by atoms with Crippen molar-refractivity contribution in [2.75, 3.05) is 0 Å². The van der Waals surface area contributed by atoms with Gasteiger partial charge in [-0.1, -0.05) is 89.7 Å². The molecule has 1 heterocycles. The van der Waals surface area contributed by atoms with Crippen molar-refractivity contribution in [1.82, 2.24) is 4.98 Å². The number of hydrogen-bond donors (Lipinski definition) is 3. The molecule has 0 bridgehead atoms. The molecule has 0 aliphatic rings. The van der Waals surface area contributed by atoms with Crippen LogP contribution in [0.25, 0.3) is 0 Å². The summed E-state index contributed by atoms with van der Waals surface area (Å²) >= 11 is 0. The zero-order valence-electron chi connectivity index (χ0n) is 16.2. The maximum Gasteiger partial charge on any atom is 0.194 e. The summed E-state index contributed by atoms with van der Waals surface area (Å²) in [6.45, 7) is 2.28. The van der Waals surface area contributed by atoms with Gasteiger partial charge in [-0.2, -0.15) is 0 Å². The zero-order valence-corrected chi connectivity index (χ0v) is 16.2. The normalized spacial score (nSPS) is 11.6. The van der Waals surface area contributed by atoms with Gasteiger partial charge in [-0.15, -0.1) is 0 Å². The lowest BCUT2D eigenvalue weighted by atomic mass is 10.0. The van der Waals surface area contributed by atoms with Crippen LogP contribution >= 0.6 is 0 Å². The van der Waals surface area contributed by atoms with E-state index in [1.165, 1.54) is 77.0 Å². The molecule has 0 amide bonds. The number of aromatic amines is 1. The largest absolute Gasteiger partial charge is 0.495 e. The summed E-state index contributed by atoms with van der Waals surface area (Å²) < 4.78 is 0. The van der Waals surface area contributed by atoms with Gasteiger partial charge in [0.15, 0.2) is 11.8 Å². The topological polar surface area (TPSA) is 56.2 Å². The Morgan fingerprint density at radius 2 is 1.28 bits per heavy atom. The van der Waals surface area contributed by atoms with E-state index >= 15 is 0 Å². The van der Waals surface area contributed by atoms with Crippen LogP contribution in [-0.2, 0) is 6.42 Å². The number of hydrogen-bond acceptors (Lipinski definition) is 2. The molecule has 1 aromatic heterocycles. The highest BCUT2D eigenvalue weighted by atomic mass is 16.3. The summed E-state index contributed by atoms with van der Waals surface area (Å²) in [5.74, 6) is 0.125. The van der Waals surface area contributed by atoms with Crippen LogP contribution in [0.5, 0.6) is 11.8 Å². The minimum absolute atomic E-state index is 0.0352. The Morgan fingerprint density at radius 3 is 1.80 bits per heavy atom. The first-order chi connectivity index (χ1) is 12.2. The number of allylic oxidation sites excluding steroid dienone is 2. The van der Waals surface area contributed by atoms with Crippen LogP contribution in [0.15, 0.2) is 18.2 Å². The third-order valence-corrected chi connectivity index (χ3v) is 4.83. The van der Waals surface area contributed by atoms with E-state index in [0.29, 0.717) is 0 Å². The number of rotatable bonds is 16. The molecular weight excluding hydrogens is 310 g/mol. The zero-order chi connectivity index (χ0) is 18.2. The van der Waals surface area contributed by atoms with E-state index in [1.807, 2.05) is 0 Å². The third kappa shape index (κ3) is 11.7. The van der Waals surface area contributed by atoms with Crippen molar-refractivity contribution in [3.8, 4) is 11.8 Å². The van der Waals surface area contributed by atoms with Gasteiger partial charge in [0.2, 0.25) is 0 Å². The molecule has 0 spiro atoms. The first-order valence-electron chi connectivity index (χ1n) is 10.5. The van der Waals surface area contributed by atoms with Crippen LogP contribution < -0.4 is 0 Å². The Kier molecular flexibility index (Phi) is 12.9. The Morgan fingerprint density at radius 1 is 0.760 bits per heavy atom. The van der Waals surface area contributed by atoms with Gasteiger partial charge in [0.25, 0.3) is 0 Å². The fourth-order valence-corrected chi connectivity index (χ4v) is 3.24. The van der Waals surface area contributed by atoms with Crippen molar-refractivity contribution < 1.29 is 10.2 Å². The lowest BCUT2D eigenvalue weighted by Gasteiger charge is -2.02. The lowest BCUT2D eigenvalue weighted by molar-refractivity contribution is 0.423. The van der Waals surface area contributed by atoms with E-state index in [4.69, 9.17) is 0 Å².